The van der Waals surface area contributed by atoms with Crippen LogP contribution in [0.2, 0.25) is 0 Å². The lowest BCUT2D eigenvalue weighted by Crippen LogP contribution is -2.45. The maximum absolute atomic E-state index is 11.8. The van der Waals surface area contributed by atoms with Gasteiger partial charge in [-0.25, -0.2) is 9.86 Å². The largest absolute Gasteiger partial charge is 0.491 e. The van der Waals surface area contributed by atoms with Gasteiger partial charge in [-0.1, -0.05) is 6.07 Å². The summed E-state index contributed by atoms with van der Waals surface area (Å²) in [6.07, 6.45) is 2.01. The molecule has 3 amide bonds. The number of aryl methyl sites for hydroxylation is 1. The molecule has 0 radical (unpaired) electrons. The third kappa shape index (κ3) is 6.99. The monoisotopic (exact) mass is 393 g/mol. The minimum Gasteiger partial charge on any atom is -0.491 e. The molecule has 1 aliphatic heterocycles. The number of nitrogens with zero attached hydrogens (tertiary/aromatic N) is 3. The molecule has 1 aliphatic rings. The fourth-order valence-electron chi connectivity index (χ4n) is 3.11. The molecular weight excluding hydrogens is 362 g/mol. The quantitative estimate of drug-likeness (QED) is 0.302. The maximum Gasteiger partial charge on any atom is 0.338 e. The number of amides is 3. The van der Waals surface area contributed by atoms with E-state index in [0.29, 0.717) is 35.8 Å². The van der Waals surface area contributed by atoms with Crippen molar-refractivity contribution in [3.8, 4) is 5.75 Å². The number of benzene rings is 1. The van der Waals surface area contributed by atoms with Crippen molar-refractivity contribution in [1.29, 1.82) is 0 Å². The highest BCUT2D eigenvalue weighted by Gasteiger charge is 2.15. The molecule has 1 aromatic rings. The maximum atomic E-state index is 11.8. The van der Waals surface area contributed by atoms with Crippen LogP contribution in [0.3, 0.4) is 0 Å². The molecule has 1 fully saturated rings. The zero-order valence-corrected chi connectivity index (χ0v) is 16.5. The number of primary amides is 2. The van der Waals surface area contributed by atoms with Crippen molar-refractivity contribution >= 4 is 11.9 Å². The third-order valence-electron chi connectivity index (χ3n) is 4.91. The van der Waals surface area contributed by atoms with Crippen LogP contribution in [0.25, 0.3) is 0 Å². The number of rotatable bonds is 10. The molecule has 0 aromatic heterocycles. The fourth-order valence-corrected chi connectivity index (χ4v) is 3.11. The topological polar surface area (TPSA) is 125 Å². The molecule has 1 aromatic carbocycles. The van der Waals surface area contributed by atoms with Crippen LogP contribution in [-0.2, 0) is 6.42 Å². The zero-order chi connectivity index (χ0) is 20.5. The lowest BCUT2D eigenvalue weighted by Gasteiger charge is -2.32. The van der Waals surface area contributed by atoms with Gasteiger partial charge >= 0.3 is 6.03 Å². The Kier molecular flexibility index (Phi) is 8.49. The molecule has 0 aliphatic carbocycles. The van der Waals surface area contributed by atoms with E-state index in [0.717, 1.165) is 44.7 Å². The lowest BCUT2D eigenvalue weighted by atomic mass is 10.0. The van der Waals surface area contributed by atoms with Crippen LogP contribution in [0.4, 0.5) is 4.79 Å². The van der Waals surface area contributed by atoms with Gasteiger partial charge in [0, 0.05) is 32.7 Å². The SMILES string of the molecule is CN1CCN(CCOc2ccc(CCCCN(O)C(N)=O)cc2C(N)=O)CC1. The molecule has 5 N–H and O–H groups in total. The number of unbranched alkanes of at least 4 members (excludes halogenated alkanes) is 1. The molecule has 9 heteroatoms. The third-order valence-corrected chi connectivity index (χ3v) is 4.91. The Morgan fingerprint density at radius 3 is 2.54 bits per heavy atom. The van der Waals surface area contributed by atoms with E-state index in [1.54, 1.807) is 12.1 Å². The van der Waals surface area contributed by atoms with E-state index in [1.807, 2.05) is 6.07 Å². The van der Waals surface area contributed by atoms with Gasteiger partial charge < -0.3 is 21.1 Å². The van der Waals surface area contributed by atoms with Gasteiger partial charge in [0.2, 0.25) is 0 Å². The molecule has 1 heterocycles. The number of likely N-dealkylation sites (N-methyl/N-ethyl adjacent to an activating group) is 1. The number of carbonyl (C=O) groups excluding carboxylic acids is 2. The average Bonchev–Trinajstić information content (AvgIpc) is 2.67. The van der Waals surface area contributed by atoms with Crippen molar-refractivity contribution in [1.82, 2.24) is 14.9 Å². The van der Waals surface area contributed by atoms with Gasteiger partial charge in [0.05, 0.1) is 12.1 Å². The van der Waals surface area contributed by atoms with Crippen LogP contribution in [0, 0.1) is 0 Å². The molecule has 0 atom stereocenters. The molecule has 2 rings (SSSR count). The fraction of sp³-hybridized carbons (Fsp3) is 0.579. The second-order valence-electron chi connectivity index (χ2n) is 7.11. The van der Waals surface area contributed by atoms with Crippen molar-refractivity contribution in [2.75, 3.05) is 52.9 Å². The van der Waals surface area contributed by atoms with E-state index in [9.17, 15) is 14.8 Å². The second-order valence-corrected chi connectivity index (χ2v) is 7.11. The Morgan fingerprint density at radius 2 is 1.89 bits per heavy atom. The molecule has 1 saturated heterocycles. The Morgan fingerprint density at radius 1 is 1.18 bits per heavy atom. The van der Waals surface area contributed by atoms with Gasteiger partial charge in [-0.2, -0.15) is 0 Å². The highest BCUT2D eigenvalue weighted by molar-refractivity contribution is 5.95. The first-order valence-corrected chi connectivity index (χ1v) is 9.59. The number of carbonyl (C=O) groups is 2. The smallest absolute Gasteiger partial charge is 0.338 e. The van der Waals surface area contributed by atoms with E-state index < -0.39 is 11.9 Å². The van der Waals surface area contributed by atoms with E-state index >= 15 is 0 Å². The predicted octanol–water partition coefficient (Wildman–Crippen LogP) is 0.504. The van der Waals surface area contributed by atoms with Crippen LogP contribution in [0.15, 0.2) is 18.2 Å². The van der Waals surface area contributed by atoms with Gasteiger partial charge in [0.15, 0.2) is 0 Å². The normalized spacial score (nSPS) is 15.4. The summed E-state index contributed by atoms with van der Waals surface area (Å²) >= 11 is 0. The zero-order valence-electron chi connectivity index (χ0n) is 16.5. The number of hydrogen-bond acceptors (Lipinski definition) is 6. The van der Waals surface area contributed by atoms with E-state index in [-0.39, 0.29) is 6.54 Å². The number of urea groups is 1. The molecule has 0 unspecified atom stereocenters. The molecule has 0 saturated carbocycles. The molecule has 0 spiro atoms. The van der Waals surface area contributed by atoms with Crippen LogP contribution < -0.4 is 16.2 Å². The van der Waals surface area contributed by atoms with Crippen molar-refractivity contribution in [2.24, 2.45) is 11.5 Å². The molecule has 0 bridgehead atoms. The Hall–Kier alpha value is -2.36. The number of nitrogens with two attached hydrogens (primary N) is 2. The summed E-state index contributed by atoms with van der Waals surface area (Å²) in [5, 5.41) is 9.73. The predicted molar refractivity (Wildman–Crippen MR) is 105 cm³/mol. The van der Waals surface area contributed by atoms with Crippen molar-refractivity contribution in [3.05, 3.63) is 29.3 Å². The molecule has 28 heavy (non-hydrogen) atoms. The number of hydroxylamine groups is 2. The Balaban J connectivity index is 1.82. The summed E-state index contributed by atoms with van der Waals surface area (Å²) in [7, 11) is 2.12. The first kappa shape index (κ1) is 21.9. The first-order chi connectivity index (χ1) is 13.4. The van der Waals surface area contributed by atoms with Gasteiger partial charge in [0.25, 0.3) is 5.91 Å². The first-order valence-electron chi connectivity index (χ1n) is 9.59. The standard InChI is InChI=1S/C19H31N5O4/c1-22-8-10-23(11-9-22)12-13-28-17-6-5-15(14-16(17)18(20)25)4-2-3-7-24(27)19(21)26/h5-6,14,27H,2-4,7-13H2,1H3,(H2,20,25)(H2,21,26). The summed E-state index contributed by atoms with van der Waals surface area (Å²) in [4.78, 5) is 27.2. The van der Waals surface area contributed by atoms with Crippen molar-refractivity contribution in [2.45, 2.75) is 19.3 Å². The van der Waals surface area contributed by atoms with E-state index in [2.05, 4.69) is 16.8 Å². The number of ether oxygens (including phenoxy) is 1. The highest BCUT2D eigenvalue weighted by Crippen LogP contribution is 2.21. The minimum atomic E-state index is -0.867. The Labute approximate surface area is 165 Å². The van der Waals surface area contributed by atoms with Gasteiger partial charge in [0.1, 0.15) is 12.4 Å². The highest BCUT2D eigenvalue weighted by atomic mass is 16.5. The minimum absolute atomic E-state index is 0.172. The Bertz CT molecular complexity index is 662. The summed E-state index contributed by atoms with van der Waals surface area (Å²) in [6.45, 7) is 5.62. The van der Waals surface area contributed by atoms with E-state index in [1.165, 1.54) is 0 Å². The van der Waals surface area contributed by atoms with E-state index in [4.69, 9.17) is 16.2 Å². The second kappa shape index (κ2) is 10.8. The van der Waals surface area contributed by atoms with Crippen LogP contribution in [-0.4, -0.2) is 84.9 Å². The molecular formula is C19H31N5O4. The van der Waals surface area contributed by atoms with Crippen LogP contribution >= 0.6 is 0 Å². The molecule has 156 valence electrons. The summed E-state index contributed by atoms with van der Waals surface area (Å²) in [5.74, 6) is -0.0210. The molecule has 9 nitrogen and oxygen atoms in total. The van der Waals surface area contributed by atoms with Crippen molar-refractivity contribution in [3.63, 3.8) is 0 Å². The van der Waals surface area contributed by atoms with Crippen LogP contribution in [0.5, 0.6) is 5.75 Å². The van der Waals surface area contributed by atoms with Crippen LogP contribution in [0.1, 0.15) is 28.8 Å². The van der Waals surface area contributed by atoms with Crippen molar-refractivity contribution < 1.29 is 19.5 Å². The average molecular weight is 393 g/mol. The van der Waals surface area contributed by atoms with Gasteiger partial charge in [-0.05, 0) is 44.0 Å². The number of hydrogen-bond donors (Lipinski definition) is 3. The summed E-state index contributed by atoms with van der Waals surface area (Å²) in [5.41, 5.74) is 11.8. The lowest BCUT2D eigenvalue weighted by molar-refractivity contribution is -0.0402. The van der Waals surface area contributed by atoms with Gasteiger partial charge in [-0.15, -0.1) is 0 Å². The number of piperazine rings is 1. The summed E-state index contributed by atoms with van der Waals surface area (Å²) < 4.78 is 5.82. The van der Waals surface area contributed by atoms with Gasteiger partial charge in [-0.3, -0.25) is 14.9 Å². The summed E-state index contributed by atoms with van der Waals surface area (Å²) in [6, 6.07) is 4.57.